The Kier molecular flexibility index (Phi) is 3.73. The number of hydrogen-bond donors (Lipinski definition) is 0. The van der Waals surface area contributed by atoms with Crippen molar-refractivity contribution in [2.45, 2.75) is 0 Å². The lowest BCUT2D eigenvalue weighted by molar-refractivity contribution is 1.32. The average molecular weight is 526 g/mol. The molecule has 9 aromatic rings. The zero-order valence-electron chi connectivity index (χ0n) is 26.9. The van der Waals surface area contributed by atoms with Crippen molar-refractivity contribution in [1.29, 1.82) is 0 Å². The summed E-state index contributed by atoms with van der Waals surface area (Å²) in [6, 6.07) is 37.9. The van der Waals surface area contributed by atoms with Crippen LogP contribution in [0.1, 0.15) is 6.85 Å². The Labute approximate surface area is 243 Å². The van der Waals surface area contributed by atoms with Crippen LogP contribution < -0.4 is 0 Å². The van der Waals surface area contributed by atoms with Crippen molar-refractivity contribution in [3.8, 4) is 22.3 Å². The van der Waals surface area contributed by atoms with Crippen LogP contribution in [0.15, 0.2) is 145 Å². The second-order valence-electron chi connectivity index (χ2n) is 10.4. The van der Waals surface area contributed by atoms with Gasteiger partial charge in [0.1, 0.15) is 5.65 Å². The highest BCUT2D eigenvalue weighted by Crippen LogP contribution is 2.40. The Morgan fingerprint density at radius 2 is 1.20 bits per heavy atom. The van der Waals surface area contributed by atoms with Gasteiger partial charge in [0.05, 0.1) is 23.4 Å². The minimum atomic E-state index is -0.394. The van der Waals surface area contributed by atoms with Crippen LogP contribution in [0.4, 0.5) is 0 Å². The minimum Gasteiger partial charge on any atom is -0.292 e. The molecule has 9 rings (SSSR count). The number of hydrogen-bond acceptors (Lipinski definition) is 1. The third-order valence-corrected chi connectivity index (χ3v) is 8.25. The second kappa shape index (κ2) is 8.51. The third-order valence-electron chi connectivity index (χ3n) is 8.25. The first-order valence-corrected chi connectivity index (χ1v) is 13.7. The summed E-state index contributed by atoms with van der Waals surface area (Å²) in [6.45, 7) is 0. The van der Waals surface area contributed by atoms with Crippen LogP contribution in [0.3, 0.4) is 0 Å². The molecule has 0 aliphatic heterocycles. The van der Waals surface area contributed by atoms with E-state index in [9.17, 15) is 0 Å². The lowest BCUT2D eigenvalue weighted by Gasteiger charge is -2.15. The molecule has 0 saturated carbocycles. The number of para-hydroxylation sites is 2. The van der Waals surface area contributed by atoms with Gasteiger partial charge in [0, 0.05) is 10.8 Å². The van der Waals surface area contributed by atoms with Gasteiger partial charge in [-0.15, -0.1) is 0 Å². The molecule has 0 aliphatic carbocycles. The van der Waals surface area contributed by atoms with E-state index in [4.69, 9.17) is 11.8 Å². The van der Waals surface area contributed by atoms with E-state index in [0.717, 1.165) is 60.3 Å². The van der Waals surface area contributed by atoms with Gasteiger partial charge in [-0.2, -0.15) is 0 Å². The Bertz CT molecular complexity index is 2740. The zero-order valence-corrected chi connectivity index (χ0v) is 21.9. The number of imidazole rings is 1. The Hall–Kier alpha value is -5.47. The molecule has 0 spiro atoms. The molecule has 0 bridgehead atoms. The molecule has 2 aromatic heterocycles. The number of aromatic nitrogens is 2. The third kappa shape index (κ3) is 3.22. The SMILES string of the molecule is [2H]c1c([2H])c([2H])c(-c2ccc(-c3ccc4c5ccc6ccccc6c5c5nc6ccccc6n5c4c3)c3ccccc23)c([2H])c1[2H]. The van der Waals surface area contributed by atoms with Crippen LogP contribution in [-0.2, 0) is 0 Å². The van der Waals surface area contributed by atoms with Gasteiger partial charge in [-0.3, -0.25) is 4.40 Å². The van der Waals surface area contributed by atoms with Crippen molar-refractivity contribution in [3.63, 3.8) is 0 Å². The normalized spacial score (nSPS) is 13.6. The van der Waals surface area contributed by atoms with Crippen molar-refractivity contribution in [2.75, 3.05) is 0 Å². The fraction of sp³-hybridized carbons (Fsp3) is 0. The standard InChI is InChI=1S/C39H24N2/c1-2-10-25(11-3-1)28-22-23-29(32-15-7-6-14-31(28)32)27-19-20-33-34-21-18-26-12-4-5-13-30(26)38(34)39-40-35-16-8-9-17-36(35)41(39)37(33)24-27/h1-24H/i1D,2D,3D,10D,11D. The van der Waals surface area contributed by atoms with E-state index in [1.165, 1.54) is 10.8 Å². The van der Waals surface area contributed by atoms with Crippen molar-refractivity contribution in [1.82, 2.24) is 9.38 Å². The van der Waals surface area contributed by atoms with Gasteiger partial charge in [0.25, 0.3) is 0 Å². The highest BCUT2D eigenvalue weighted by atomic mass is 15.0. The summed E-state index contributed by atoms with van der Waals surface area (Å²) in [6.07, 6.45) is 0. The van der Waals surface area contributed by atoms with Crippen LogP contribution in [0.5, 0.6) is 0 Å². The van der Waals surface area contributed by atoms with Crippen LogP contribution in [0.25, 0.3) is 82.2 Å². The maximum atomic E-state index is 8.62. The molecule has 2 heteroatoms. The molecule has 0 unspecified atom stereocenters. The smallest absolute Gasteiger partial charge is 0.147 e. The number of pyridine rings is 1. The topological polar surface area (TPSA) is 17.3 Å². The first kappa shape index (κ1) is 18.0. The fourth-order valence-corrected chi connectivity index (χ4v) is 6.44. The predicted molar refractivity (Wildman–Crippen MR) is 174 cm³/mol. The largest absolute Gasteiger partial charge is 0.292 e. The molecule has 0 saturated heterocycles. The van der Waals surface area contributed by atoms with E-state index in [0.29, 0.717) is 5.56 Å². The number of benzene rings is 7. The minimum absolute atomic E-state index is 0.205. The Balaban J connectivity index is 1.37. The fourth-order valence-electron chi connectivity index (χ4n) is 6.44. The predicted octanol–water partition coefficient (Wildman–Crippen LogP) is 10.4. The molecule has 2 nitrogen and oxygen atoms in total. The van der Waals surface area contributed by atoms with Gasteiger partial charge < -0.3 is 0 Å². The van der Waals surface area contributed by atoms with Crippen molar-refractivity contribution in [3.05, 3.63) is 145 Å². The summed E-state index contributed by atoms with van der Waals surface area (Å²) in [5.41, 5.74) is 6.75. The van der Waals surface area contributed by atoms with Gasteiger partial charge in [-0.25, -0.2) is 4.98 Å². The quantitative estimate of drug-likeness (QED) is 0.205. The molecule has 7 aromatic carbocycles. The van der Waals surface area contributed by atoms with Crippen LogP contribution in [0, 0.1) is 0 Å². The van der Waals surface area contributed by atoms with Crippen LogP contribution in [-0.4, -0.2) is 9.38 Å². The van der Waals surface area contributed by atoms with E-state index in [2.05, 4.69) is 71.1 Å². The van der Waals surface area contributed by atoms with Gasteiger partial charge in [0.2, 0.25) is 0 Å². The molecule has 190 valence electrons. The summed E-state index contributed by atoms with van der Waals surface area (Å²) in [7, 11) is 0. The Morgan fingerprint density at radius 3 is 2.02 bits per heavy atom. The molecule has 0 fully saturated rings. The van der Waals surface area contributed by atoms with Crippen molar-refractivity contribution in [2.24, 2.45) is 0 Å². The molecular formula is C39H24N2. The summed E-state index contributed by atoms with van der Waals surface area (Å²) < 4.78 is 44.1. The number of fused-ring (bicyclic) bond motifs is 11. The molecule has 0 radical (unpaired) electrons. The van der Waals surface area contributed by atoms with E-state index < -0.39 is 6.04 Å². The van der Waals surface area contributed by atoms with E-state index >= 15 is 0 Å². The molecule has 0 amide bonds. The summed E-state index contributed by atoms with van der Waals surface area (Å²) >= 11 is 0. The first-order chi connectivity index (χ1) is 22.4. The van der Waals surface area contributed by atoms with E-state index in [-0.39, 0.29) is 29.7 Å². The summed E-state index contributed by atoms with van der Waals surface area (Å²) in [5, 5.41) is 7.49. The highest BCUT2D eigenvalue weighted by molar-refractivity contribution is 6.23. The summed E-state index contributed by atoms with van der Waals surface area (Å²) in [5.74, 6) is 0. The number of nitrogens with zero attached hydrogens (tertiary/aromatic N) is 2. The van der Waals surface area contributed by atoms with Crippen molar-refractivity contribution < 1.29 is 6.85 Å². The maximum Gasteiger partial charge on any atom is 0.147 e. The average Bonchev–Trinajstić information content (AvgIpc) is 3.49. The lowest BCUT2D eigenvalue weighted by atomic mass is 9.91. The van der Waals surface area contributed by atoms with Gasteiger partial charge in [-0.1, -0.05) is 127 Å². The first-order valence-electron chi connectivity index (χ1n) is 16.2. The number of rotatable bonds is 2. The Morgan fingerprint density at radius 1 is 0.512 bits per heavy atom. The molecule has 0 atom stereocenters. The van der Waals surface area contributed by atoms with Gasteiger partial charge >= 0.3 is 0 Å². The molecule has 0 N–H and O–H groups in total. The molecule has 41 heavy (non-hydrogen) atoms. The van der Waals surface area contributed by atoms with Gasteiger partial charge in [0.15, 0.2) is 0 Å². The van der Waals surface area contributed by atoms with Crippen LogP contribution in [0.2, 0.25) is 0 Å². The van der Waals surface area contributed by atoms with E-state index in [1.54, 1.807) is 0 Å². The maximum absolute atomic E-state index is 8.62. The monoisotopic (exact) mass is 525 g/mol. The second-order valence-corrected chi connectivity index (χ2v) is 10.4. The molecule has 0 aliphatic rings. The molecule has 2 heterocycles. The lowest BCUT2D eigenvalue weighted by Crippen LogP contribution is -1.94. The van der Waals surface area contributed by atoms with E-state index in [1.807, 2.05) is 48.5 Å². The summed E-state index contributed by atoms with van der Waals surface area (Å²) in [4.78, 5) is 5.16. The zero-order chi connectivity index (χ0) is 31.3. The molecular weight excluding hydrogens is 496 g/mol. The van der Waals surface area contributed by atoms with Gasteiger partial charge in [-0.05, 0) is 67.4 Å². The van der Waals surface area contributed by atoms with Crippen LogP contribution >= 0.6 is 0 Å². The van der Waals surface area contributed by atoms with Crippen molar-refractivity contribution >= 4 is 59.9 Å². The highest BCUT2D eigenvalue weighted by Gasteiger charge is 2.17.